The number of nitrogens with one attached hydrogen (secondary N) is 1. The van der Waals surface area contributed by atoms with Crippen LogP contribution in [0.25, 0.3) is 6.08 Å². The lowest BCUT2D eigenvalue weighted by Gasteiger charge is -2.31. The highest BCUT2D eigenvalue weighted by molar-refractivity contribution is 8.18. The van der Waals surface area contributed by atoms with Crippen LogP contribution >= 0.6 is 11.8 Å². The van der Waals surface area contributed by atoms with E-state index in [9.17, 15) is 23.6 Å². The second-order valence-corrected chi connectivity index (χ2v) is 9.55. The molecule has 35 heavy (non-hydrogen) atoms. The smallest absolute Gasteiger partial charge is 0.293 e. The average Bonchev–Trinajstić information content (AvgIpc) is 3.12. The Hall–Kier alpha value is -3.46. The van der Waals surface area contributed by atoms with Crippen molar-refractivity contribution < 1.29 is 23.6 Å². The van der Waals surface area contributed by atoms with Gasteiger partial charge in [0, 0.05) is 37.7 Å². The maximum atomic E-state index is 13.1. The third-order valence-corrected chi connectivity index (χ3v) is 7.11. The summed E-state index contributed by atoms with van der Waals surface area (Å²) in [5.41, 5.74) is 2.23. The van der Waals surface area contributed by atoms with Crippen LogP contribution in [-0.4, -0.2) is 58.9 Å². The molecule has 7 nitrogen and oxygen atoms in total. The Bertz CT molecular complexity index is 1170. The molecule has 0 spiro atoms. The van der Waals surface area contributed by atoms with E-state index in [0.717, 1.165) is 22.2 Å². The minimum atomic E-state index is -0.429. The number of carbonyl (C=O) groups is 4. The molecule has 2 heterocycles. The van der Waals surface area contributed by atoms with Crippen LogP contribution in [-0.2, 0) is 9.59 Å². The van der Waals surface area contributed by atoms with Gasteiger partial charge in [-0.3, -0.25) is 24.1 Å². The molecule has 0 radical (unpaired) electrons. The van der Waals surface area contributed by atoms with E-state index in [-0.39, 0.29) is 41.5 Å². The van der Waals surface area contributed by atoms with Gasteiger partial charge in [0.1, 0.15) is 5.82 Å². The molecular weight excluding hydrogens is 469 g/mol. The lowest BCUT2D eigenvalue weighted by atomic mass is 9.95. The van der Waals surface area contributed by atoms with Crippen LogP contribution in [0.5, 0.6) is 0 Å². The Morgan fingerprint density at radius 1 is 1.09 bits per heavy atom. The van der Waals surface area contributed by atoms with Crippen molar-refractivity contribution in [1.29, 1.82) is 0 Å². The van der Waals surface area contributed by atoms with Gasteiger partial charge in [0.2, 0.25) is 5.91 Å². The Balaban J connectivity index is 1.24. The van der Waals surface area contributed by atoms with Gasteiger partial charge in [0.05, 0.1) is 4.91 Å². The van der Waals surface area contributed by atoms with Crippen LogP contribution in [0, 0.1) is 18.7 Å². The molecule has 0 aliphatic carbocycles. The fourth-order valence-electron chi connectivity index (χ4n) is 4.17. The number of amides is 4. The molecule has 2 fully saturated rings. The van der Waals surface area contributed by atoms with Crippen molar-refractivity contribution in [1.82, 2.24) is 15.1 Å². The predicted octanol–water partition coefficient (Wildman–Crippen LogP) is 3.84. The predicted molar refractivity (Wildman–Crippen MR) is 132 cm³/mol. The molecule has 4 rings (SSSR count). The third kappa shape index (κ3) is 5.79. The first kappa shape index (κ1) is 24.7. The zero-order chi connectivity index (χ0) is 24.9. The normalized spacial score (nSPS) is 17.8. The molecule has 4 amide bonds. The number of halogens is 1. The van der Waals surface area contributed by atoms with E-state index in [0.29, 0.717) is 37.1 Å². The summed E-state index contributed by atoms with van der Waals surface area (Å²) >= 11 is 0.824. The van der Waals surface area contributed by atoms with Gasteiger partial charge in [-0.05, 0) is 66.9 Å². The largest absolute Gasteiger partial charge is 0.354 e. The minimum absolute atomic E-state index is 0.0185. The van der Waals surface area contributed by atoms with E-state index in [1.165, 1.54) is 24.3 Å². The fraction of sp³-hybridized carbons (Fsp3) is 0.308. The first-order valence-corrected chi connectivity index (χ1v) is 12.3. The summed E-state index contributed by atoms with van der Waals surface area (Å²) in [5, 5.41) is 2.41. The molecule has 2 aromatic carbocycles. The molecule has 0 saturated carbocycles. The standard InChI is InChI=1S/C26H26FN3O4S/c1-17-4-2-3-5-21(17)24(32)29-13-10-19(11-14-29)23(31)28-12-15-30-25(33)22(35-26(30)34)16-18-6-8-20(27)9-7-18/h2-9,16,19H,10-15H2,1H3,(H,28,31)/b22-16-. The number of hydrogen-bond acceptors (Lipinski definition) is 5. The Morgan fingerprint density at radius 2 is 1.77 bits per heavy atom. The molecule has 182 valence electrons. The summed E-state index contributed by atoms with van der Waals surface area (Å²) in [4.78, 5) is 53.4. The molecular formula is C26H26FN3O4S. The molecule has 2 aliphatic heterocycles. The summed E-state index contributed by atoms with van der Waals surface area (Å²) in [6.07, 6.45) is 2.67. The van der Waals surface area contributed by atoms with Gasteiger partial charge in [0.25, 0.3) is 17.1 Å². The van der Waals surface area contributed by atoms with Crippen LogP contribution in [0.15, 0.2) is 53.4 Å². The van der Waals surface area contributed by atoms with Crippen LogP contribution in [0.2, 0.25) is 0 Å². The van der Waals surface area contributed by atoms with Gasteiger partial charge in [-0.25, -0.2) is 4.39 Å². The van der Waals surface area contributed by atoms with Crippen molar-refractivity contribution in [3.05, 3.63) is 75.9 Å². The topological polar surface area (TPSA) is 86.8 Å². The number of imide groups is 1. The van der Waals surface area contributed by atoms with Gasteiger partial charge in [-0.15, -0.1) is 0 Å². The number of rotatable bonds is 6. The molecule has 2 aromatic rings. The van der Waals surface area contributed by atoms with Crippen molar-refractivity contribution >= 4 is 40.8 Å². The molecule has 2 saturated heterocycles. The van der Waals surface area contributed by atoms with E-state index < -0.39 is 11.1 Å². The summed E-state index contributed by atoms with van der Waals surface area (Å²) < 4.78 is 13.1. The van der Waals surface area contributed by atoms with E-state index in [2.05, 4.69) is 5.32 Å². The quantitative estimate of drug-likeness (QED) is 0.616. The van der Waals surface area contributed by atoms with Crippen molar-refractivity contribution in [2.75, 3.05) is 26.2 Å². The highest BCUT2D eigenvalue weighted by atomic mass is 32.2. The van der Waals surface area contributed by atoms with Crippen LogP contribution in [0.3, 0.4) is 0 Å². The first-order chi connectivity index (χ1) is 16.8. The Morgan fingerprint density at radius 3 is 2.46 bits per heavy atom. The second kappa shape index (κ2) is 10.9. The lowest BCUT2D eigenvalue weighted by Crippen LogP contribution is -2.44. The van der Waals surface area contributed by atoms with Gasteiger partial charge >= 0.3 is 0 Å². The van der Waals surface area contributed by atoms with Crippen LogP contribution < -0.4 is 5.32 Å². The molecule has 1 N–H and O–H groups in total. The third-order valence-electron chi connectivity index (χ3n) is 6.20. The number of thioether (sulfide) groups is 1. The Kier molecular flexibility index (Phi) is 7.65. The number of aryl methyl sites for hydroxylation is 1. The summed E-state index contributed by atoms with van der Waals surface area (Å²) in [5.74, 6) is -1.18. The molecule has 0 unspecified atom stereocenters. The fourth-order valence-corrected chi connectivity index (χ4v) is 5.03. The lowest BCUT2D eigenvalue weighted by molar-refractivity contribution is -0.127. The Labute approximate surface area is 207 Å². The zero-order valence-corrected chi connectivity index (χ0v) is 20.1. The number of benzene rings is 2. The summed E-state index contributed by atoms with van der Waals surface area (Å²) in [6.45, 7) is 3.14. The number of hydrogen-bond donors (Lipinski definition) is 1. The number of likely N-dealkylation sites (tertiary alicyclic amines) is 1. The highest BCUT2D eigenvalue weighted by Gasteiger charge is 2.35. The number of piperidine rings is 1. The second-order valence-electron chi connectivity index (χ2n) is 8.56. The maximum Gasteiger partial charge on any atom is 0.293 e. The van der Waals surface area contributed by atoms with E-state index in [4.69, 9.17) is 0 Å². The molecule has 0 aromatic heterocycles. The zero-order valence-electron chi connectivity index (χ0n) is 19.3. The van der Waals surface area contributed by atoms with Crippen LogP contribution in [0.1, 0.15) is 34.3 Å². The molecule has 0 atom stereocenters. The summed E-state index contributed by atoms with van der Waals surface area (Å²) in [6, 6.07) is 13.1. The van der Waals surface area contributed by atoms with E-state index >= 15 is 0 Å². The monoisotopic (exact) mass is 495 g/mol. The maximum absolute atomic E-state index is 13.1. The van der Waals surface area contributed by atoms with Crippen molar-refractivity contribution in [3.63, 3.8) is 0 Å². The minimum Gasteiger partial charge on any atom is -0.354 e. The molecule has 0 bridgehead atoms. The molecule has 9 heteroatoms. The number of nitrogens with zero attached hydrogens (tertiary/aromatic N) is 2. The van der Waals surface area contributed by atoms with Crippen molar-refractivity contribution in [2.24, 2.45) is 5.92 Å². The average molecular weight is 496 g/mol. The number of carbonyl (C=O) groups excluding carboxylic acids is 4. The van der Waals surface area contributed by atoms with Gasteiger partial charge in [0.15, 0.2) is 0 Å². The van der Waals surface area contributed by atoms with Gasteiger partial charge < -0.3 is 10.2 Å². The highest BCUT2D eigenvalue weighted by Crippen LogP contribution is 2.32. The first-order valence-electron chi connectivity index (χ1n) is 11.5. The van der Waals surface area contributed by atoms with Crippen molar-refractivity contribution in [3.8, 4) is 0 Å². The van der Waals surface area contributed by atoms with Gasteiger partial charge in [-0.1, -0.05) is 30.3 Å². The molecule has 2 aliphatic rings. The SMILES string of the molecule is Cc1ccccc1C(=O)N1CCC(C(=O)NCCN2C(=O)S/C(=C\c3ccc(F)cc3)C2=O)CC1. The van der Waals surface area contributed by atoms with Crippen molar-refractivity contribution in [2.45, 2.75) is 19.8 Å². The van der Waals surface area contributed by atoms with Gasteiger partial charge in [-0.2, -0.15) is 0 Å². The summed E-state index contributed by atoms with van der Waals surface area (Å²) in [7, 11) is 0. The van der Waals surface area contributed by atoms with E-state index in [1.54, 1.807) is 11.0 Å². The van der Waals surface area contributed by atoms with Crippen LogP contribution in [0.4, 0.5) is 9.18 Å². The van der Waals surface area contributed by atoms with E-state index in [1.807, 2.05) is 31.2 Å².